The number of carbonyl (C=O) groups is 1. The second kappa shape index (κ2) is 9.53. The molecular formula is C23H24N2O5S. The number of rotatable bonds is 8. The Morgan fingerprint density at radius 2 is 1.58 bits per heavy atom. The van der Waals surface area contributed by atoms with Crippen molar-refractivity contribution in [3.8, 4) is 17.2 Å². The van der Waals surface area contributed by atoms with Crippen molar-refractivity contribution in [1.82, 2.24) is 5.32 Å². The van der Waals surface area contributed by atoms with Crippen LogP contribution in [-0.2, 0) is 10.0 Å². The van der Waals surface area contributed by atoms with Crippen molar-refractivity contribution in [2.45, 2.75) is 24.8 Å². The lowest BCUT2D eigenvalue weighted by molar-refractivity contribution is 0.0940. The molecule has 0 spiro atoms. The first-order valence-electron chi connectivity index (χ1n) is 9.64. The van der Waals surface area contributed by atoms with Crippen molar-refractivity contribution in [3.05, 3.63) is 78.4 Å². The molecule has 31 heavy (non-hydrogen) atoms. The number of hydrogen-bond acceptors (Lipinski definition) is 5. The highest BCUT2D eigenvalue weighted by molar-refractivity contribution is 7.92. The number of hydrogen-bond donors (Lipinski definition) is 2. The van der Waals surface area contributed by atoms with Gasteiger partial charge in [0.15, 0.2) is 5.75 Å². The molecule has 0 bridgehead atoms. The minimum Gasteiger partial charge on any atom is -0.496 e. The standard InChI is InChI=1S/C23H24N2O5S/c1-16(2)24-23(26)19-15-18(13-14-21(19)29-3)31(27,28)25-20-11-7-8-12-22(20)30-17-9-5-4-6-10-17/h4-16,25H,1-3H3,(H,24,26). The Morgan fingerprint density at radius 3 is 2.26 bits per heavy atom. The number of sulfonamides is 1. The lowest BCUT2D eigenvalue weighted by atomic mass is 10.2. The van der Waals surface area contributed by atoms with Gasteiger partial charge in [0.25, 0.3) is 15.9 Å². The molecule has 0 unspecified atom stereocenters. The third kappa shape index (κ3) is 5.55. The molecule has 7 nitrogen and oxygen atoms in total. The SMILES string of the molecule is COc1ccc(S(=O)(=O)Nc2ccccc2Oc2ccccc2)cc1C(=O)NC(C)C. The van der Waals surface area contributed by atoms with Gasteiger partial charge in [-0.3, -0.25) is 9.52 Å². The molecular weight excluding hydrogens is 416 g/mol. The van der Waals surface area contributed by atoms with Crippen LogP contribution in [0.1, 0.15) is 24.2 Å². The van der Waals surface area contributed by atoms with Gasteiger partial charge in [-0.1, -0.05) is 30.3 Å². The molecule has 0 heterocycles. The van der Waals surface area contributed by atoms with Crippen molar-refractivity contribution in [3.63, 3.8) is 0 Å². The quantitative estimate of drug-likeness (QED) is 0.541. The molecule has 0 aliphatic carbocycles. The zero-order chi connectivity index (χ0) is 22.4. The summed E-state index contributed by atoms with van der Waals surface area (Å²) in [6, 6.07) is 19.8. The van der Waals surface area contributed by atoms with E-state index in [0.29, 0.717) is 11.5 Å². The smallest absolute Gasteiger partial charge is 0.262 e. The van der Waals surface area contributed by atoms with Crippen LogP contribution >= 0.6 is 0 Å². The maximum absolute atomic E-state index is 13.1. The highest BCUT2D eigenvalue weighted by Gasteiger charge is 2.21. The first kappa shape index (κ1) is 22.2. The molecule has 0 radical (unpaired) electrons. The van der Waals surface area contributed by atoms with E-state index in [1.54, 1.807) is 36.4 Å². The van der Waals surface area contributed by atoms with E-state index in [2.05, 4.69) is 10.0 Å². The van der Waals surface area contributed by atoms with Gasteiger partial charge < -0.3 is 14.8 Å². The minimum atomic E-state index is -4.00. The second-order valence-corrected chi connectivity index (χ2v) is 8.69. The second-order valence-electron chi connectivity index (χ2n) is 7.01. The largest absolute Gasteiger partial charge is 0.496 e. The van der Waals surface area contributed by atoms with Gasteiger partial charge in [-0.25, -0.2) is 8.42 Å². The van der Waals surface area contributed by atoms with Gasteiger partial charge in [-0.15, -0.1) is 0 Å². The van der Waals surface area contributed by atoms with Crippen molar-refractivity contribution >= 4 is 21.6 Å². The summed E-state index contributed by atoms with van der Waals surface area (Å²) in [5.74, 6) is 0.788. The van der Waals surface area contributed by atoms with Crippen LogP contribution in [0.4, 0.5) is 5.69 Å². The van der Waals surface area contributed by atoms with E-state index in [1.165, 1.54) is 25.3 Å². The topological polar surface area (TPSA) is 93.7 Å². The number of amides is 1. The summed E-state index contributed by atoms with van der Waals surface area (Å²) in [6.45, 7) is 3.63. The predicted molar refractivity (Wildman–Crippen MR) is 119 cm³/mol. The predicted octanol–water partition coefficient (Wildman–Crippen LogP) is 4.43. The van der Waals surface area contributed by atoms with Crippen LogP contribution in [0.25, 0.3) is 0 Å². The van der Waals surface area contributed by atoms with Crippen LogP contribution in [0.15, 0.2) is 77.7 Å². The molecule has 3 aromatic carbocycles. The van der Waals surface area contributed by atoms with Crippen molar-refractivity contribution < 1.29 is 22.7 Å². The summed E-state index contributed by atoms with van der Waals surface area (Å²) in [5, 5.41) is 2.74. The third-order valence-electron chi connectivity index (χ3n) is 4.25. The molecule has 0 aromatic heterocycles. The van der Waals surface area contributed by atoms with E-state index < -0.39 is 15.9 Å². The number of carbonyl (C=O) groups excluding carboxylic acids is 1. The Hall–Kier alpha value is -3.52. The molecule has 0 saturated carbocycles. The number of nitrogens with one attached hydrogen (secondary N) is 2. The van der Waals surface area contributed by atoms with Gasteiger partial charge in [-0.05, 0) is 56.3 Å². The Labute approximate surface area is 182 Å². The van der Waals surface area contributed by atoms with Crippen molar-refractivity contribution in [2.24, 2.45) is 0 Å². The summed E-state index contributed by atoms with van der Waals surface area (Å²) < 4.78 is 39.7. The number of ether oxygens (including phenoxy) is 2. The summed E-state index contributed by atoms with van der Waals surface area (Å²) in [6.07, 6.45) is 0. The fourth-order valence-corrected chi connectivity index (χ4v) is 3.93. The first-order valence-corrected chi connectivity index (χ1v) is 11.1. The molecule has 0 atom stereocenters. The van der Waals surface area contributed by atoms with E-state index in [4.69, 9.17) is 9.47 Å². The molecule has 8 heteroatoms. The summed E-state index contributed by atoms with van der Waals surface area (Å²) in [7, 11) is -2.58. The zero-order valence-electron chi connectivity index (χ0n) is 17.5. The van der Waals surface area contributed by atoms with E-state index in [-0.39, 0.29) is 27.9 Å². The lowest BCUT2D eigenvalue weighted by Gasteiger charge is -2.15. The molecule has 0 aliphatic rings. The molecule has 3 rings (SSSR count). The van der Waals surface area contributed by atoms with E-state index in [0.717, 1.165) is 0 Å². The Bertz CT molecular complexity index is 1160. The Morgan fingerprint density at radius 1 is 0.903 bits per heavy atom. The lowest BCUT2D eigenvalue weighted by Crippen LogP contribution is -2.30. The Kier molecular flexibility index (Phi) is 6.81. The van der Waals surface area contributed by atoms with Gasteiger partial charge in [0.05, 0.1) is 23.3 Å². The zero-order valence-corrected chi connectivity index (χ0v) is 18.3. The van der Waals surface area contributed by atoms with Crippen LogP contribution in [0.3, 0.4) is 0 Å². The van der Waals surface area contributed by atoms with Crippen LogP contribution in [0.2, 0.25) is 0 Å². The minimum absolute atomic E-state index is 0.0725. The molecule has 0 fully saturated rings. The summed E-state index contributed by atoms with van der Waals surface area (Å²) in [5.41, 5.74) is 0.406. The van der Waals surface area contributed by atoms with Crippen molar-refractivity contribution in [2.75, 3.05) is 11.8 Å². The van der Waals surface area contributed by atoms with Crippen LogP contribution in [-0.4, -0.2) is 27.5 Å². The molecule has 0 aliphatic heterocycles. The molecule has 3 aromatic rings. The van der Waals surface area contributed by atoms with Crippen LogP contribution < -0.4 is 19.5 Å². The molecule has 162 valence electrons. The van der Waals surface area contributed by atoms with Crippen LogP contribution in [0, 0.1) is 0 Å². The fourth-order valence-electron chi connectivity index (χ4n) is 2.83. The highest BCUT2D eigenvalue weighted by atomic mass is 32.2. The van der Waals surface area contributed by atoms with E-state index in [1.807, 2.05) is 32.0 Å². The number of para-hydroxylation sites is 3. The summed E-state index contributed by atoms with van der Waals surface area (Å²) >= 11 is 0. The fraction of sp³-hybridized carbons (Fsp3) is 0.174. The van der Waals surface area contributed by atoms with Crippen LogP contribution in [0.5, 0.6) is 17.2 Å². The van der Waals surface area contributed by atoms with Gasteiger partial charge in [0, 0.05) is 6.04 Å². The van der Waals surface area contributed by atoms with Gasteiger partial charge >= 0.3 is 0 Å². The maximum Gasteiger partial charge on any atom is 0.262 e. The maximum atomic E-state index is 13.1. The number of methoxy groups -OCH3 is 1. The monoisotopic (exact) mass is 440 g/mol. The molecule has 2 N–H and O–H groups in total. The van der Waals surface area contributed by atoms with E-state index in [9.17, 15) is 13.2 Å². The van der Waals surface area contributed by atoms with Gasteiger partial charge in [-0.2, -0.15) is 0 Å². The number of anilines is 1. The van der Waals surface area contributed by atoms with E-state index >= 15 is 0 Å². The third-order valence-corrected chi connectivity index (χ3v) is 5.61. The van der Waals surface area contributed by atoms with Gasteiger partial charge in [0.2, 0.25) is 0 Å². The Balaban J connectivity index is 1.92. The normalized spacial score (nSPS) is 11.1. The molecule has 0 saturated heterocycles. The van der Waals surface area contributed by atoms with Gasteiger partial charge in [0.1, 0.15) is 11.5 Å². The molecule has 1 amide bonds. The summed E-state index contributed by atoms with van der Waals surface area (Å²) in [4.78, 5) is 12.4. The highest BCUT2D eigenvalue weighted by Crippen LogP contribution is 2.31. The van der Waals surface area contributed by atoms with Crippen molar-refractivity contribution in [1.29, 1.82) is 0 Å². The average Bonchev–Trinajstić information content (AvgIpc) is 2.74. The first-order chi connectivity index (χ1) is 14.8. The number of benzene rings is 3. The average molecular weight is 441 g/mol.